The zero-order valence-electron chi connectivity index (χ0n) is 12.9. The van der Waals surface area contributed by atoms with Crippen molar-refractivity contribution in [1.82, 2.24) is 10.2 Å². The molecule has 124 valence electrons. The maximum absolute atomic E-state index is 12.2. The van der Waals surface area contributed by atoms with Crippen LogP contribution in [-0.4, -0.2) is 18.6 Å². The van der Waals surface area contributed by atoms with Gasteiger partial charge in [0.15, 0.2) is 11.6 Å². The Hall–Kier alpha value is -3.44. The highest BCUT2D eigenvalue weighted by Gasteiger charge is 2.14. The van der Waals surface area contributed by atoms with E-state index >= 15 is 0 Å². The Bertz CT molecular complexity index is 1010. The van der Waals surface area contributed by atoms with Crippen LogP contribution in [0.5, 0.6) is 0 Å². The van der Waals surface area contributed by atoms with Crippen LogP contribution < -0.4 is 10.0 Å². The number of nitrogens with zero attached hydrogens (tertiary/aromatic N) is 3. The van der Waals surface area contributed by atoms with Gasteiger partial charge in [-0.05, 0) is 36.4 Å². The SMILES string of the molecule is N#Cc1ccccc1Nc1ccc(NS(=O)(=O)c2ccccc2)nn1. The van der Waals surface area contributed by atoms with Crippen LogP contribution in [0.25, 0.3) is 0 Å². The maximum Gasteiger partial charge on any atom is 0.263 e. The number of anilines is 3. The highest BCUT2D eigenvalue weighted by Crippen LogP contribution is 2.19. The molecule has 2 N–H and O–H groups in total. The standard InChI is InChI=1S/C17H13N5O2S/c18-12-13-6-4-5-9-15(13)19-16-10-11-17(21-20-16)22-25(23,24)14-7-2-1-3-8-14/h1-11H,(H,19,20)(H,21,22). The number of nitriles is 1. The number of hydrogen-bond acceptors (Lipinski definition) is 6. The fourth-order valence-corrected chi connectivity index (χ4v) is 3.09. The summed E-state index contributed by atoms with van der Waals surface area (Å²) in [5, 5.41) is 19.8. The minimum atomic E-state index is -3.71. The van der Waals surface area contributed by atoms with Gasteiger partial charge in [0.25, 0.3) is 10.0 Å². The van der Waals surface area contributed by atoms with Gasteiger partial charge < -0.3 is 5.32 Å². The molecule has 0 atom stereocenters. The van der Waals surface area contributed by atoms with Crippen molar-refractivity contribution in [1.29, 1.82) is 5.26 Å². The molecule has 1 aromatic heterocycles. The van der Waals surface area contributed by atoms with Crippen LogP contribution in [0.15, 0.2) is 71.6 Å². The predicted molar refractivity (Wildman–Crippen MR) is 93.7 cm³/mol. The molecule has 0 spiro atoms. The number of benzene rings is 2. The first-order chi connectivity index (χ1) is 12.1. The second-order valence-electron chi connectivity index (χ2n) is 5.00. The summed E-state index contributed by atoms with van der Waals surface area (Å²) < 4.78 is 26.8. The molecule has 3 rings (SSSR count). The van der Waals surface area contributed by atoms with Crippen molar-refractivity contribution >= 4 is 27.3 Å². The molecule has 7 nitrogen and oxygen atoms in total. The molecular weight excluding hydrogens is 338 g/mol. The topological polar surface area (TPSA) is 108 Å². The van der Waals surface area contributed by atoms with E-state index in [1.54, 1.807) is 48.5 Å². The van der Waals surface area contributed by atoms with Gasteiger partial charge in [0.05, 0.1) is 16.1 Å². The highest BCUT2D eigenvalue weighted by molar-refractivity contribution is 7.92. The van der Waals surface area contributed by atoms with Crippen LogP contribution in [-0.2, 0) is 10.0 Å². The molecule has 0 amide bonds. The molecule has 0 aliphatic heterocycles. The van der Waals surface area contributed by atoms with E-state index in [1.807, 2.05) is 0 Å². The summed E-state index contributed by atoms with van der Waals surface area (Å²) in [5.41, 5.74) is 1.06. The molecule has 0 unspecified atom stereocenters. The first kappa shape index (κ1) is 16.4. The summed E-state index contributed by atoms with van der Waals surface area (Å²) in [6.07, 6.45) is 0. The molecule has 25 heavy (non-hydrogen) atoms. The fourth-order valence-electron chi connectivity index (χ4n) is 2.08. The van der Waals surface area contributed by atoms with Crippen molar-refractivity contribution in [3.05, 3.63) is 72.3 Å². The molecule has 0 saturated heterocycles. The molecule has 8 heteroatoms. The van der Waals surface area contributed by atoms with Crippen molar-refractivity contribution in [2.24, 2.45) is 0 Å². The van der Waals surface area contributed by atoms with E-state index in [0.717, 1.165) is 0 Å². The van der Waals surface area contributed by atoms with E-state index in [0.29, 0.717) is 17.1 Å². The number of nitrogens with one attached hydrogen (secondary N) is 2. The monoisotopic (exact) mass is 351 g/mol. The van der Waals surface area contributed by atoms with Gasteiger partial charge in [0.2, 0.25) is 0 Å². The molecule has 0 radical (unpaired) electrons. The summed E-state index contributed by atoms with van der Waals surface area (Å²) in [4.78, 5) is 0.141. The fraction of sp³-hybridized carbons (Fsp3) is 0. The average molecular weight is 351 g/mol. The van der Waals surface area contributed by atoms with Gasteiger partial charge in [-0.3, -0.25) is 4.72 Å². The lowest BCUT2D eigenvalue weighted by atomic mass is 10.2. The van der Waals surface area contributed by atoms with Crippen LogP contribution in [0.2, 0.25) is 0 Å². The Kier molecular flexibility index (Phi) is 4.59. The van der Waals surface area contributed by atoms with Crippen molar-refractivity contribution < 1.29 is 8.42 Å². The number of para-hydroxylation sites is 1. The lowest BCUT2D eigenvalue weighted by molar-refractivity contribution is 0.601. The van der Waals surface area contributed by atoms with Crippen LogP contribution in [0, 0.1) is 11.3 Å². The maximum atomic E-state index is 12.2. The summed E-state index contributed by atoms with van der Waals surface area (Å²) in [6.45, 7) is 0. The van der Waals surface area contributed by atoms with Crippen molar-refractivity contribution in [2.75, 3.05) is 10.0 Å². The van der Waals surface area contributed by atoms with Gasteiger partial charge in [-0.25, -0.2) is 8.42 Å². The van der Waals surface area contributed by atoms with Crippen LogP contribution in [0.1, 0.15) is 5.56 Å². The summed E-state index contributed by atoms with van der Waals surface area (Å²) in [7, 11) is -3.71. The number of hydrogen-bond donors (Lipinski definition) is 2. The Balaban J connectivity index is 1.76. The number of rotatable bonds is 5. The van der Waals surface area contributed by atoms with Gasteiger partial charge in [-0.15, -0.1) is 10.2 Å². The summed E-state index contributed by atoms with van der Waals surface area (Å²) in [6, 6.07) is 20.1. The van der Waals surface area contributed by atoms with Crippen molar-refractivity contribution in [3.63, 3.8) is 0 Å². The minimum Gasteiger partial charge on any atom is -0.338 e. The minimum absolute atomic E-state index is 0.1000. The largest absolute Gasteiger partial charge is 0.338 e. The van der Waals surface area contributed by atoms with Crippen molar-refractivity contribution in [2.45, 2.75) is 4.90 Å². The molecule has 0 bridgehead atoms. The van der Waals surface area contributed by atoms with Gasteiger partial charge in [0, 0.05) is 0 Å². The summed E-state index contributed by atoms with van der Waals surface area (Å²) in [5.74, 6) is 0.494. The Labute approximate surface area is 145 Å². The van der Waals surface area contributed by atoms with Gasteiger partial charge in [-0.1, -0.05) is 30.3 Å². The van der Waals surface area contributed by atoms with E-state index in [2.05, 4.69) is 26.3 Å². The lowest BCUT2D eigenvalue weighted by Gasteiger charge is -2.09. The van der Waals surface area contributed by atoms with Gasteiger partial charge in [-0.2, -0.15) is 5.26 Å². The Morgan fingerprint density at radius 2 is 1.48 bits per heavy atom. The normalized spacial score (nSPS) is 10.7. The molecular formula is C17H13N5O2S. The third kappa shape index (κ3) is 3.91. The van der Waals surface area contributed by atoms with Gasteiger partial charge in [0.1, 0.15) is 6.07 Å². The molecule has 0 saturated carbocycles. The smallest absolute Gasteiger partial charge is 0.263 e. The summed E-state index contributed by atoms with van der Waals surface area (Å²) >= 11 is 0. The van der Waals surface area contributed by atoms with E-state index in [9.17, 15) is 8.42 Å². The number of aromatic nitrogens is 2. The zero-order valence-corrected chi connectivity index (χ0v) is 13.7. The second-order valence-corrected chi connectivity index (χ2v) is 6.69. The molecule has 2 aromatic carbocycles. The Morgan fingerprint density at radius 1 is 0.840 bits per heavy atom. The molecule has 0 aliphatic rings. The van der Waals surface area contributed by atoms with E-state index in [1.165, 1.54) is 18.2 Å². The first-order valence-corrected chi connectivity index (χ1v) is 8.74. The quantitative estimate of drug-likeness (QED) is 0.732. The zero-order chi connectivity index (χ0) is 17.7. The molecule has 0 fully saturated rings. The highest BCUT2D eigenvalue weighted by atomic mass is 32.2. The molecule has 0 aliphatic carbocycles. The lowest BCUT2D eigenvalue weighted by Crippen LogP contribution is -2.14. The second kappa shape index (κ2) is 6.98. The molecule has 1 heterocycles. The number of sulfonamides is 1. The van der Waals surface area contributed by atoms with Gasteiger partial charge >= 0.3 is 0 Å². The average Bonchev–Trinajstić information content (AvgIpc) is 2.64. The third-order valence-corrected chi connectivity index (χ3v) is 4.64. The van der Waals surface area contributed by atoms with E-state index in [-0.39, 0.29) is 10.7 Å². The van der Waals surface area contributed by atoms with Crippen LogP contribution in [0.3, 0.4) is 0 Å². The van der Waals surface area contributed by atoms with Crippen LogP contribution in [0.4, 0.5) is 17.3 Å². The first-order valence-electron chi connectivity index (χ1n) is 7.26. The van der Waals surface area contributed by atoms with Crippen molar-refractivity contribution in [3.8, 4) is 6.07 Å². The van der Waals surface area contributed by atoms with E-state index in [4.69, 9.17) is 5.26 Å². The Morgan fingerprint density at radius 3 is 2.16 bits per heavy atom. The molecule has 3 aromatic rings. The predicted octanol–water partition coefficient (Wildman–Crippen LogP) is 2.89. The third-order valence-electron chi connectivity index (χ3n) is 3.27. The van der Waals surface area contributed by atoms with Crippen LogP contribution >= 0.6 is 0 Å². The van der Waals surface area contributed by atoms with E-state index < -0.39 is 10.0 Å².